The van der Waals surface area contributed by atoms with E-state index in [1.54, 1.807) is 0 Å². The van der Waals surface area contributed by atoms with Gasteiger partial charge in [0.2, 0.25) is 0 Å². The quantitative estimate of drug-likeness (QED) is 0.398. The van der Waals surface area contributed by atoms with Crippen molar-refractivity contribution in [2.45, 2.75) is 63.2 Å². The largest absolute Gasteiger partial charge is 0.374 e. The lowest BCUT2D eigenvalue weighted by Crippen LogP contribution is -2.62. The van der Waals surface area contributed by atoms with Crippen LogP contribution in [0, 0.1) is 0 Å². The summed E-state index contributed by atoms with van der Waals surface area (Å²) < 4.78 is 32.0. The predicted molar refractivity (Wildman–Crippen MR) is 134 cm³/mol. The molecule has 2 saturated heterocycles. The molecule has 2 heterocycles. The van der Waals surface area contributed by atoms with Crippen LogP contribution in [0.5, 0.6) is 0 Å². The van der Waals surface area contributed by atoms with Crippen molar-refractivity contribution < 1.29 is 23.7 Å². The van der Waals surface area contributed by atoms with E-state index in [1.165, 1.54) is 0 Å². The predicted octanol–water partition coefficient (Wildman–Crippen LogP) is 5.32. The summed E-state index contributed by atoms with van der Waals surface area (Å²) in [6.45, 7) is 2.67. The Balaban J connectivity index is 1.33. The molecule has 0 bridgehead atoms. The molecule has 184 valence electrons. The van der Waals surface area contributed by atoms with Crippen molar-refractivity contribution in [1.82, 2.24) is 0 Å². The molecule has 5 rings (SSSR count). The van der Waals surface area contributed by atoms with Gasteiger partial charge in [-0.05, 0) is 29.5 Å². The first-order chi connectivity index (χ1) is 17.4. The third kappa shape index (κ3) is 6.57. The fourth-order valence-corrected chi connectivity index (χ4v) is 4.85. The molecule has 35 heavy (non-hydrogen) atoms. The molecule has 2 aliphatic heterocycles. The van der Waals surface area contributed by atoms with Gasteiger partial charge in [0, 0.05) is 6.61 Å². The van der Waals surface area contributed by atoms with Crippen LogP contribution >= 0.6 is 0 Å². The van der Waals surface area contributed by atoms with E-state index in [1.807, 2.05) is 54.6 Å². The topological polar surface area (TPSA) is 46.2 Å². The van der Waals surface area contributed by atoms with Crippen LogP contribution < -0.4 is 0 Å². The summed E-state index contributed by atoms with van der Waals surface area (Å²) in [4.78, 5) is 0. The minimum Gasteiger partial charge on any atom is -0.374 e. The van der Waals surface area contributed by atoms with Gasteiger partial charge in [0.1, 0.15) is 24.4 Å². The molecule has 3 aromatic rings. The van der Waals surface area contributed by atoms with Crippen LogP contribution in [0.25, 0.3) is 0 Å². The molecule has 0 spiro atoms. The molecule has 5 nitrogen and oxygen atoms in total. The van der Waals surface area contributed by atoms with Gasteiger partial charge in [0.05, 0.1) is 32.5 Å². The lowest BCUT2D eigenvalue weighted by atomic mass is 9.90. The van der Waals surface area contributed by atoms with Gasteiger partial charge in [0.15, 0.2) is 0 Å². The summed E-state index contributed by atoms with van der Waals surface area (Å²) in [5, 5.41) is 0. The maximum absolute atomic E-state index is 6.56. The molecule has 5 heteroatoms. The first-order valence-electron chi connectivity index (χ1n) is 12.6. The highest BCUT2D eigenvalue weighted by molar-refractivity contribution is 5.15. The molecule has 0 saturated carbocycles. The first kappa shape index (κ1) is 24.2. The van der Waals surface area contributed by atoms with E-state index in [4.69, 9.17) is 23.7 Å². The van der Waals surface area contributed by atoms with Crippen LogP contribution in [0.4, 0.5) is 0 Å². The second kappa shape index (κ2) is 12.4. The summed E-state index contributed by atoms with van der Waals surface area (Å²) in [5.74, 6) is 0. The molecule has 3 aromatic carbocycles. The highest BCUT2D eigenvalue weighted by Crippen LogP contribution is 2.34. The van der Waals surface area contributed by atoms with Crippen molar-refractivity contribution in [3.63, 3.8) is 0 Å². The zero-order valence-electron chi connectivity index (χ0n) is 20.0. The van der Waals surface area contributed by atoms with E-state index < -0.39 is 0 Å². The fraction of sp³-hybridized carbons (Fsp3) is 0.400. The fourth-order valence-electron chi connectivity index (χ4n) is 4.85. The van der Waals surface area contributed by atoms with Gasteiger partial charge in [0.25, 0.3) is 0 Å². The Bertz CT molecular complexity index is 997. The normalized spacial score (nSPS) is 26.2. The maximum Gasteiger partial charge on any atom is 0.115 e. The van der Waals surface area contributed by atoms with Crippen molar-refractivity contribution in [2.24, 2.45) is 0 Å². The van der Waals surface area contributed by atoms with Crippen molar-refractivity contribution in [3.05, 3.63) is 108 Å². The van der Waals surface area contributed by atoms with Crippen LogP contribution in [0.2, 0.25) is 0 Å². The molecular formula is C30H34O5. The minimum atomic E-state index is -0.311. The van der Waals surface area contributed by atoms with E-state index in [0.29, 0.717) is 26.4 Å². The third-order valence-corrected chi connectivity index (χ3v) is 6.64. The summed E-state index contributed by atoms with van der Waals surface area (Å²) in [6, 6.07) is 30.7. The zero-order chi connectivity index (χ0) is 23.7. The van der Waals surface area contributed by atoms with Gasteiger partial charge in [-0.3, -0.25) is 0 Å². The van der Waals surface area contributed by atoms with Gasteiger partial charge in [-0.2, -0.15) is 0 Å². The molecule has 2 fully saturated rings. The van der Waals surface area contributed by atoms with E-state index >= 15 is 0 Å². The number of benzene rings is 3. The Kier molecular flexibility index (Phi) is 8.58. The Labute approximate surface area is 207 Å². The third-order valence-electron chi connectivity index (χ3n) is 6.64. The molecule has 0 aliphatic carbocycles. The summed E-state index contributed by atoms with van der Waals surface area (Å²) in [5.41, 5.74) is 3.39. The molecule has 0 N–H and O–H groups in total. The van der Waals surface area contributed by atoms with Crippen LogP contribution in [-0.2, 0) is 43.5 Å². The minimum absolute atomic E-state index is 0.0218. The van der Waals surface area contributed by atoms with E-state index in [0.717, 1.165) is 36.1 Å². The van der Waals surface area contributed by atoms with Gasteiger partial charge in [-0.15, -0.1) is 0 Å². The van der Waals surface area contributed by atoms with Crippen LogP contribution in [0.15, 0.2) is 91.0 Å². The molecule has 0 aromatic heterocycles. The smallest absolute Gasteiger partial charge is 0.115 e. The second-order valence-corrected chi connectivity index (χ2v) is 9.21. The maximum atomic E-state index is 6.56. The molecule has 0 amide bonds. The lowest BCUT2D eigenvalue weighted by molar-refractivity contribution is -0.281. The molecule has 5 atom stereocenters. The van der Waals surface area contributed by atoms with Crippen LogP contribution in [-0.4, -0.2) is 43.7 Å². The van der Waals surface area contributed by atoms with E-state index in [-0.39, 0.29) is 30.5 Å². The zero-order valence-corrected chi connectivity index (χ0v) is 20.0. The Hall–Kier alpha value is -2.54. The highest BCUT2D eigenvalue weighted by Gasteiger charge is 2.49. The lowest BCUT2D eigenvalue weighted by Gasteiger charge is -2.48. The van der Waals surface area contributed by atoms with Crippen molar-refractivity contribution in [1.29, 1.82) is 0 Å². The monoisotopic (exact) mass is 474 g/mol. The van der Waals surface area contributed by atoms with E-state index in [9.17, 15) is 0 Å². The van der Waals surface area contributed by atoms with Crippen LogP contribution in [0.3, 0.4) is 0 Å². The summed E-state index contributed by atoms with van der Waals surface area (Å²) >= 11 is 0. The van der Waals surface area contributed by atoms with Crippen molar-refractivity contribution in [2.75, 3.05) is 13.2 Å². The second-order valence-electron chi connectivity index (χ2n) is 9.21. The average molecular weight is 475 g/mol. The average Bonchev–Trinajstić information content (AvgIpc) is 2.92. The van der Waals surface area contributed by atoms with E-state index in [2.05, 4.69) is 36.4 Å². The highest BCUT2D eigenvalue weighted by atomic mass is 16.6. The van der Waals surface area contributed by atoms with Crippen molar-refractivity contribution in [3.8, 4) is 0 Å². The summed E-state index contributed by atoms with van der Waals surface area (Å²) in [7, 11) is 0. The van der Waals surface area contributed by atoms with Crippen molar-refractivity contribution >= 4 is 0 Å². The van der Waals surface area contributed by atoms with Gasteiger partial charge < -0.3 is 23.7 Å². The Morgan fingerprint density at radius 3 is 1.80 bits per heavy atom. The van der Waals surface area contributed by atoms with Gasteiger partial charge in [-0.1, -0.05) is 91.0 Å². The van der Waals surface area contributed by atoms with Gasteiger partial charge >= 0.3 is 0 Å². The standard InChI is InChI=1S/C30H34O5/c1-4-11-23(12-5-1)19-31-22-27-29(33-20-24-13-6-2-7-14-24)30(28-26(35-27)17-10-18-32-28)34-21-25-15-8-3-9-16-25/h1-9,11-16,26-30H,10,17-22H2/t26-,27+,28+,29+,30+/m0/s1. The number of ether oxygens (including phenoxy) is 5. The molecule has 2 aliphatic rings. The molecule has 0 unspecified atom stereocenters. The summed E-state index contributed by atoms with van der Waals surface area (Å²) in [6.07, 6.45) is 0.962. The Morgan fingerprint density at radius 1 is 0.657 bits per heavy atom. The molecule has 0 radical (unpaired) electrons. The SMILES string of the molecule is c1ccc(COC[C@H]2O[C@H]3CCCO[C@H]3[C@@H](OCc3ccccc3)[C@@H]2OCc2ccccc2)cc1. The number of fused-ring (bicyclic) bond motifs is 1. The molecular weight excluding hydrogens is 440 g/mol. The van der Waals surface area contributed by atoms with Gasteiger partial charge in [-0.25, -0.2) is 0 Å². The number of hydrogen-bond acceptors (Lipinski definition) is 5. The number of hydrogen-bond donors (Lipinski definition) is 0. The first-order valence-corrected chi connectivity index (χ1v) is 12.6. The Morgan fingerprint density at radius 2 is 1.20 bits per heavy atom. The van der Waals surface area contributed by atoms with Crippen LogP contribution in [0.1, 0.15) is 29.5 Å². The number of rotatable bonds is 10.